The maximum atomic E-state index is 12.3. The standard InChI is InChI=1S/C18H32N2O2/c1-13-6-2-5-9-17(13)22-11-10-19-18(21)16-12-14-7-3-4-8-15(14)20-16/h13-17,20H,2-12H2,1H3,(H,19,21). The molecule has 0 spiro atoms. The first kappa shape index (κ1) is 16.3. The molecule has 0 bridgehead atoms. The minimum atomic E-state index is 0.0294. The Hall–Kier alpha value is -0.610. The van der Waals surface area contributed by atoms with Gasteiger partial charge in [0.1, 0.15) is 0 Å². The molecule has 22 heavy (non-hydrogen) atoms. The van der Waals surface area contributed by atoms with Gasteiger partial charge in [0.05, 0.1) is 18.8 Å². The van der Waals surface area contributed by atoms with E-state index in [1.54, 1.807) is 0 Å². The lowest BCUT2D eigenvalue weighted by Gasteiger charge is -2.28. The second-order valence-corrected chi connectivity index (χ2v) is 7.57. The van der Waals surface area contributed by atoms with Crippen LogP contribution >= 0.6 is 0 Å². The molecule has 1 amide bonds. The SMILES string of the molecule is CC1CCCCC1OCCNC(=O)C1CC2CCCCC2N1. The molecule has 2 aliphatic carbocycles. The molecule has 3 fully saturated rings. The summed E-state index contributed by atoms with van der Waals surface area (Å²) in [6.07, 6.45) is 11.7. The summed E-state index contributed by atoms with van der Waals surface area (Å²) in [7, 11) is 0. The van der Waals surface area contributed by atoms with Gasteiger partial charge in [-0.15, -0.1) is 0 Å². The highest BCUT2D eigenvalue weighted by atomic mass is 16.5. The zero-order valence-corrected chi connectivity index (χ0v) is 14.0. The van der Waals surface area contributed by atoms with E-state index in [1.165, 1.54) is 51.4 Å². The third-order valence-corrected chi connectivity index (χ3v) is 5.95. The summed E-state index contributed by atoms with van der Waals surface area (Å²) < 4.78 is 5.97. The number of rotatable bonds is 5. The summed E-state index contributed by atoms with van der Waals surface area (Å²) in [5.41, 5.74) is 0. The van der Waals surface area contributed by atoms with Crippen LogP contribution in [0, 0.1) is 11.8 Å². The summed E-state index contributed by atoms with van der Waals surface area (Å²) in [6.45, 7) is 3.59. The molecule has 0 radical (unpaired) electrons. The van der Waals surface area contributed by atoms with E-state index in [4.69, 9.17) is 4.74 Å². The fourth-order valence-electron chi connectivity index (χ4n) is 4.56. The second kappa shape index (κ2) is 7.78. The molecule has 0 aromatic heterocycles. The van der Waals surface area contributed by atoms with E-state index < -0.39 is 0 Å². The van der Waals surface area contributed by atoms with Crippen LogP contribution in [0.3, 0.4) is 0 Å². The smallest absolute Gasteiger partial charge is 0.237 e. The topological polar surface area (TPSA) is 50.4 Å². The van der Waals surface area contributed by atoms with Crippen molar-refractivity contribution in [2.45, 2.75) is 82.9 Å². The van der Waals surface area contributed by atoms with Crippen LogP contribution in [0.2, 0.25) is 0 Å². The predicted octanol–water partition coefficient (Wildman–Crippen LogP) is 2.62. The van der Waals surface area contributed by atoms with Gasteiger partial charge in [-0.2, -0.15) is 0 Å². The van der Waals surface area contributed by atoms with Crippen molar-refractivity contribution in [1.82, 2.24) is 10.6 Å². The van der Waals surface area contributed by atoms with E-state index in [0.29, 0.717) is 31.2 Å². The number of carbonyl (C=O) groups excluding carboxylic acids is 1. The van der Waals surface area contributed by atoms with Gasteiger partial charge in [-0.1, -0.05) is 32.6 Å². The molecule has 3 rings (SSSR count). The van der Waals surface area contributed by atoms with Gasteiger partial charge in [-0.05, 0) is 43.9 Å². The molecule has 3 aliphatic rings. The molecule has 5 unspecified atom stereocenters. The molecule has 2 N–H and O–H groups in total. The highest BCUT2D eigenvalue weighted by molar-refractivity contribution is 5.82. The molecular formula is C18H32N2O2. The van der Waals surface area contributed by atoms with Crippen LogP contribution in [0.4, 0.5) is 0 Å². The second-order valence-electron chi connectivity index (χ2n) is 7.57. The third-order valence-electron chi connectivity index (χ3n) is 5.95. The molecule has 1 saturated heterocycles. The Morgan fingerprint density at radius 1 is 1.14 bits per heavy atom. The van der Waals surface area contributed by atoms with Gasteiger partial charge in [0, 0.05) is 12.6 Å². The number of amides is 1. The van der Waals surface area contributed by atoms with Crippen molar-refractivity contribution >= 4 is 5.91 Å². The number of fused-ring (bicyclic) bond motifs is 1. The zero-order chi connectivity index (χ0) is 15.4. The average Bonchev–Trinajstić information content (AvgIpc) is 2.97. The minimum Gasteiger partial charge on any atom is -0.376 e. The Kier molecular flexibility index (Phi) is 5.75. The van der Waals surface area contributed by atoms with Gasteiger partial charge in [-0.25, -0.2) is 0 Å². The molecule has 0 aromatic carbocycles. The Morgan fingerprint density at radius 3 is 2.73 bits per heavy atom. The van der Waals surface area contributed by atoms with Crippen LogP contribution < -0.4 is 10.6 Å². The molecule has 2 saturated carbocycles. The summed E-state index contributed by atoms with van der Waals surface area (Å²) in [5.74, 6) is 1.57. The van der Waals surface area contributed by atoms with Crippen molar-refractivity contribution in [1.29, 1.82) is 0 Å². The zero-order valence-electron chi connectivity index (χ0n) is 14.0. The molecule has 1 heterocycles. The molecule has 126 valence electrons. The van der Waals surface area contributed by atoms with E-state index in [9.17, 15) is 4.79 Å². The Balaban J connectivity index is 1.32. The molecule has 4 heteroatoms. The maximum absolute atomic E-state index is 12.3. The number of ether oxygens (including phenoxy) is 1. The summed E-state index contributed by atoms with van der Waals surface area (Å²) >= 11 is 0. The van der Waals surface area contributed by atoms with Gasteiger partial charge in [0.15, 0.2) is 0 Å². The summed E-state index contributed by atoms with van der Waals surface area (Å²) in [5, 5.41) is 6.60. The molecule has 1 aliphatic heterocycles. The highest BCUT2D eigenvalue weighted by Gasteiger charge is 2.37. The first-order valence-electron chi connectivity index (χ1n) is 9.39. The van der Waals surface area contributed by atoms with Crippen molar-refractivity contribution in [3.05, 3.63) is 0 Å². The molecule has 0 aromatic rings. The lowest BCUT2D eigenvalue weighted by Crippen LogP contribution is -2.44. The fraction of sp³-hybridized carbons (Fsp3) is 0.944. The van der Waals surface area contributed by atoms with E-state index in [0.717, 1.165) is 12.3 Å². The molecule has 4 nitrogen and oxygen atoms in total. The van der Waals surface area contributed by atoms with Crippen molar-refractivity contribution in [2.24, 2.45) is 11.8 Å². The fourth-order valence-corrected chi connectivity index (χ4v) is 4.56. The van der Waals surface area contributed by atoms with E-state index >= 15 is 0 Å². The maximum Gasteiger partial charge on any atom is 0.237 e. The van der Waals surface area contributed by atoms with E-state index in [-0.39, 0.29) is 11.9 Å². The van der Waals surface area contributed by atoms with Crippen LogP contribution in [0.15, 0.2) is 0 Å². The van der Waals surface area contributed by atoms with Crippen LogP contribution in [-0.4, -0.2) is 37.2 Å². The van der Waals surface area contributed by atoms with Gasteiger partial charge in [0.25, 0.3) is 0 Å². The number of carbonyl (C=O) groups is 1. The average molecular weight is 308 g/mol. The molecular weight excluding hydrogens is 276 g/mol. The van der Waals surface area contributed by atoms with Crippen LogP contribution in [0.25, 0.3) is 0 Å². The van der Waals surface area contributed by atoms with Crippen molar-refractivity contribution in [2.75, 3.05) is 13.2 Å². The first-order chi connectivity index (χ1) is 10.7. The largest absolute Gasteiger partial charge is 0.376 e. The normalized spacial score (nSPS) is 38.5. The van der Waals surface area contributed by atoms with E-state index in [1.807, 2.05) is 0 Å². The predicted molar refractivity (Wildman–Crippen MR) is 87.7 cm³/mol. The minimum absolute atomic E-state index is 0.0294. The van der Waals surface area contributed by atoms with E-state index in [2.05, 4.69) is 17.6 Å². The lowest BCUT2D eigenvalue weighted by atomic mass is 9.85. The number of hydrogen-bond donors (Lipinski definition) is 2. The third kappa shape index (κ3) is 4.02. The van der Waals surface area contributed by atoms with Crippen LogP contribution in [0.1, 0.15) is 64.7 Å². The van der Waals surface area contributed by atoms with Crippen LogP contribution in [-0.2, 0) is 9.53 Å². The van der Waals surface area contributed by atoms with Crippen molar-refractivity contribution < 1.29 is 9.53 Å². The summed E-state index contributed by atoms with van der Waals surface area (Å²) in [4.78, 5) is 12.3. The molecule has 5 atom stereocenters. The van der Waals surface area contributed by atoms with Gasteiger partial charge in [-0.3, -0.25) is 4.79 Å². The van der Waals surface area contributed by atoms with Gasteiger partial charge < -0.3 is 15.4 Å². The van der Waals surface area contributed by atoms with Gasteiger partial charge >= 0.3 is 0 Å². The van der Waals surface area contributed by atoms with Crippen molar-refractivity contribution in [3.63, 3.8) is 0 Å². The Labute approximate surface area is 134 Å². The van der Waals surface area contributed by atoms with Crippen molar-refractivity contribution in [3.8, 4) is 0 Å². The summed E-state index contributed by atoms with van der Waals surface area (Å²) in [6, 6.07) is 0.616. The highest BCUT2D eigenvalue weighted by Crippen LogP contribution is 2.33. The number of hydrogen-bond acceptors (Lipinski definition) is 3. The monoisotopic (exact) mass is 308 g/mol. The Morgan fingerprint density at radius 2 is 1.91 bits per heavy atom. The Bertz CT molecular complexity index is 360. The lowest BCUT2D eigenvalue weighted by molar-refractivity contribution is -0.123. The first-order valence-corrected chi connectivity index (χ1v) is 9.39. The van der Waals surface area contributed by atoms with Crippen LogP contribution in [0.5, 0.6) is 0 Å². The number of nitrogens with one attached hydrogen (secondary N) is 2. The van der Waals surface area contributed by atoms with Gasteiger partial charge in [0.2, 0.25) is 5.91 Å². The quantitative estimate of drug-likeness (QED) is 0.768.